The van der Waals surface area contributed by atoms with Gasteiger partial charge in [-0.15, -0.1) is 0 Å². The van der Waals surface area contributed by atoms with Crippen molar-refractivity contribution in [2.75, 3.05) is 0 Å². The molecule has 2 N–H and O–H groups in total. The summed E-state index contributed by atoms with van der Waals surface area (Å²) in [6.45, 7) is 0. The molecule has 0 saturated carbocycles. The quantitative estimate of drug-likeness (QED) is 0.225. The molecule has 0 unspecified atom stereocenters. The van der Waals surface area contributed by atoms with Gasteiger partial charge in [-0.3, -0.25) is 0 Å². The summed E-state index contributed by atoms with van der Waals surface area (Å²) in [5.74, 6) is 0. The Bertz CT molecular complexity index is 1560. The first-order chi connectivity index (χ1) is 15.2. The lowest BCUT2D eigenvalue weighted by atomic mass is 9.72. The van der Waals surface area contributed by atoms with Crippen LogP contribution in [0.5, 0.6) is 0 Å². The highest BCUT2D eigenvalue weighted by atomic mass is 16.4. The monoisotopic (exact) mass is 398 g/mol. The fraction of sp³-hybridized carbons (Fsp3) is 0. The van der Waals surface area contributed by atoms with Crippen molar-refractivity contribution in [1.82, 2.24) is 0 Å². The van der Waals surface area contributed by atoms with Gasteiger partial charge in [0, 0.05) is 0 Å². The summed E-state index contributed by atoms with van der Waals surface area (Å²) in [6, 6.07) is 35.3. The van der Waals surface area contributed by atoms with E-state index < -0.39 is 7.12 Å². The Morgan fingerprint density at radius 3 is 1.48 bits per heavy atom. The molecule has 2 nitrogen and oxygen atoms in total. The average molecular weight is 398 g/mol. The minimum Gasteiger partial charge on any atom is -0.423 e. The highest BCUT2D eigenvalue weighted by Crippen LogP contribution is 2.41. The molecule has 31 heavy (non-hydrogen) atoms. The van der Waals surface area contributed by atoms with Crippen LogP contribution in [-0.4, -0.2) is 17.2 Å². The van der Waals surface area contributed by atoms with E-state index in [-0.39, 0.29) is 0 Å². The standard InChI is InChI=1S/C28H19BO2/c30-29(31)28-24-15-7-5-13-22(24)27(23-14-6-8-16-25(23)28)26-17-18-9-1-2-10-19(18)20-11-3-4-12-21(20)26/h1-17,30-31H. The highest BCUT2D eigenvalue weighted by Gasteiger charge is 2.23. The van der Waals surface area contributed by atoms with Crippen LogP contribution in [0.3, 0.4) is 0 Å². The van der Waals surface area contributed by atoms with Gasteiger partial charge in [-0.25, -0.2) is 0 Å². The summed E-state index contributed by atoms with van der Waals surface area (Å²) in [7, 11) is -1.54. The van der Waals surface area contributed by atoms with Crippen molar-refractivity contribution in [2.45, 2.75) is 0 Å². The molecule has 0 aliphatic heterocycles. The van der Waals surface area contributed by atoms with E-state index >= 15 is 0 Å². The topological polar surface area (TPSA) is 40.5 Å². The first-order valence-corrected chi connectivity index (χ1v) is 10.4. The lowest BCUT2D eigenvalue weighted by Gasteiger charge is -2.19. The van der Waals surface area contributed by atoms with E-state index in [9.17, 15) is 10.0 Å². The van der Waals surface area contributed by atoms with Crippen LogP contribution in [0.15, 0.2) is 103 Å². The van der Waals surface area contributed by atoms with E-state index in [0.717, 1.165) is 32.7 Å². The average Bonchev–Trinajstić information content (AvgIpc) is 2.82. The lowest BCUT2D eigenvalue weighted by Crippen LogP contribution is -2.31. The molecule has 3 heteroatoms. The maximum atomic E-state index is 10.2. The zero-order valence-electron chi connectivity index (χ0n) is 16.8. The Morgan fingerprint density at radius 2 is 0.903 bits per heavy atom. The predicted molar refractivity (Wildman–Crippen MR) is 132 cm³/mol. The molecule has 0 aromatic heterocycles. The molecule has 0 heterocycles. The second kappa shape index (κ2) is 6.95. The van der Waals surface area contributed by atoms with Gasteiger partial charge in [0.15, 0.2) is 0 Å². The Labute approximate surface area is 180 Å². The highest BCUT2D eigenvalue weighted by molar-refractivity contribution is 6.66. The van der Waals surface area contributed by atoms with E-state index in [1.807, 2.05) is 36.4 Å². The van der Waals surface area contributed by atoms with Crippen molar-refractivity contribution in [2.24, 2.45) is 0 Å². The maximum Gasteiger partial charge on any atom is 0.489 e. The number of fused-ring (bicyclic) bond motifs is 5. The predicted octanol–water partition coefficient (Wildman–Crippen LogP) is 5.65. The summed E-state index contributed by atoms with van der Waals surface area (Å²) in [5, 5.41) is 29.1. The second-order valence-corrected chi connectivity index (χ2v) is 7.94. The van der Waals surface area contributed by atoms with Gasteiger partial charge in [0.2, 0.25) is 0 Å². The zero-order valence-corrected chi connectivity index (χ0v) is 16.8. The molecule has 0 spiro atoms. The van der Waals surface area contributed by atoms with Crippen LogP contribution < -0.4 is 5.46 Å². The summed E-state index contributed by atoms with van der Waals surface area (Å²) < 4.78 is 0. The van der Waals surface area contributed by atoms with E-state index in [4.69, 9.17) is 0 Å². The Morgan fingerprint density at radius 1 is 0.452 bits per heavy atom. The van der Waals surface area contributed by atoms with Crippen LogP contribution in [0.1, 0.15) is 0 Å². The van der Waals surface area contributed by atoms with Gasteiger partial charge in [-0.05, 0) is 65.7 Å². The fourth-order valence-corrected chi connectivity index (χ4v) is 4.99. The van der Waals surface area contributed by atoms with E-state index in [1.165, 1.54) is 21.5 Å². The fourth-order valence-electron chi connectivity index (χ4n) is 4.99. The Hall–Kier alpha value is -3.66. The van der Waals surface area contributed by atoms with Crippen LogP contribution >= 0.6 is 0 Å². The van der Waals surface area contributed by atoms with Gasteiger partial charge in [0.05, 0.1) is 0 Å². The van der Waals surface area contributed by atoms with Crippen molar-refractivity contribution in [3.8, 4) is 11.1 Å². The molecule has 0 radical (unpaired) electrons. The van der Waals surface area contributed by atoms with Crippen molar-refractivity contribution in [3.05, 3.63) is 103 Å². The summed E-state index contributed by atoms with van der Waals surface area (Å²) in [4.78, 5) is 0. The van der Waals surface area contributed by atoms with Crippen LogP contribution in [-0.2, 0) is 0 Å². The van der Waals surface area contributed by atoms with E-state index in [0.29, 0.717) is 5.46 Å². The summed E-state index contributed by atoms with van der Waals surface area (Å²) >= 11 is 0. The third-order valence-electron chi connectivity index (χ3n) is 6.27. The molecule has 0 bridgehead atoms. The molecule has 6 rings (SSSR count). The summed E-state index contributed by atoms with van der Waals surface area (Å²) in [6.07, 6.45) is 0. The van der Waals surface area contributed by atoms with Crippen LogP contribution in [0.4, 0.5) is 0 Å². The number of hydrogen-bond acceptors (Lipinski definition) is 2. The van der Waals surface area contributed by atoms with Gasteiger partial charge >= 0.3 is 7.12 Å². The van der Waals surface area contributed by atoms with Gasteiger partial charge in [-0.1, -0.05) is 97.1 Å². The SMILES string of the molecule is OB(O)c1c2ccccc2c(-c2cc3ccccc3c3ccccc23)c2ccccc12. The third-order valence-corrected chi connectivity index (χ3v) is 6.27. The largest absolute Gasteiger partial charge is 0.489 e. The second-order valence-electron chi connectivity index (χ2n) is 7.94. The van der Waals surface area contributed by atoms with Crippen molar-refractivity contribution < 1.29 is 10.0 Å². The van der Waals surface area contributed by atoms with Crippen molar-refractivity contribution in [1.29, 1.82) is 0 Å². The molecule has 0 amide bonds. The summed E-state index contributed by atoms with van der Waals surface area (Å²) in [5.41, 5.74) is 2.83. The Balaban J connectivity index is 1.89. The normalized spacial score (nSPS) is 11.5. The van der Waals surface area contributed by atoms with Crippen molar-refractivity contribution in [3.63, 3.8) is 0 Å². The molecular weight excluding hydrogens is 379 g/mol. The Kier molecular flexibility index (Phi) is 4.07. The minimum atomic E-state index is -1.54. The molecule has 6 aromatic carbocycles. The molecular formula is C28H19BO2. The lowest BCUT2D eigenvalue weighted by molar-refractivity contribution is 0.426. The number of rotatable bonds is 2. The smallest absolute Gasteiger partial charge is 0.423 e. The third kappa shape index (κ3) is 2.68. The minimum absolute atomic E-state index is 0.556. The van der Waals surface area contributed by atoms with Gasteiger partial charge in [0.25, 0.3) is 0 Å². The van der Waals surface area contributed by atoms with Gasteiger partial charge in [0.1, 0.15) is 0 Å². The van der Waals surface area contributed by atoms with E-state index in [2.05, 4.69) is 66.7 Å². The first-order valence-electron chi connectivity index (χ1n) is 10.4. The molecule has 0 aliphatic carbocycles. The molecule has 0 saturated heterocycles. The number of hydrogen-bond donors (Lipinski definition) is 2. The molecule has 0 fully saturated rings. The number of benzene rings is 6. The van der Waals surface area contributed by atoms with Crippen LogP contribution in [0.2, 0.25) is 0 Å². The molecule has 6 aromatic rings. The molecule has 0 atom stereocenters. The van der Waals surface area contributed by atoms with E-state index in [1.54, 1.807) is 0 Å². The van der Waals surface area contributed by atoms with Crippen LogP contribution in [0, 0.1) is 0 Å². The first kappa shape index (κ1) is 18.1. The van der Waals surface area contributed by atoms with Crippen LogP contribution in [0.25, 0.3) is 54.2 Å². The molecule has 0 aliphatic rings. The zero-order chi connectivity index (χ0) is 20.9. The van der Waals surface area contributed by atoms with Gasteiger partial charge < -0.3 is 10.0 Å². The molecule has 146 valence electrons. The van der Waals surface area contributed by atoms with Gasteiger partial charge in [-0.2, -0.15) is 0 Å². The maximum absolute atomic E-state index is 10.2. The van der Waals surface area contributed by atoms with Crippen molar-refractivity contribution >= 4 is 55.7 Å².